The average molecular weight is 211 g/mol. The van der Waals surface area contributed by atoms with E-state index in [0.29, 0.717) is 12.1 Å². The van der Waals surface area contributed by atoms with Crippen molar-refractivity contribution in [2.45, 2.75) is 58.1 Å². The summed E-state index contributed by atoms with van der Waals surface area (Å²) in [6, 6.07) is 0.452. The molecule has 0 aliphatic carbocycles. The Morgan fingerprint density at radius 1 is 1.33 bits per heavy atom. The Kier molecular flexibility index (Phi) is 9.67. The highest BCUT2D eigenvalue weighted by molar-refractivity contribution is 4.85. The molecule has 0 aliphatic rings. The molecule has 2 nitrogen and oxygen atoms in total. The number of terminal acetylenes is 1. The predicted octanol–water partition coefficient (Wildman–Crippen LogP) is 2.58. The topological polar surface area (TPSA) is 21.3 Å². The summed E-state index contributed by atoms with van der Waals surface area (Å²) in [7, 11) is 1.80. The van der Waals surface area contributed by atoms with Crippen LogP contribution < -0.4 is 5.32 Å². The summed E-state index contributed by atoms with van der Waals surface area (Å²) in [4.78, 5) is 0. The predicted molar refractivity (Wildman–Crippen MR) is 65.9 cm³/mol. The minimum atomic E-state index is 0.327. The zero-order valence-corrected chi connectivity index (χ0v) is 10.4. The minimum Gasteiger partial charge on any atom is -0.380 e. The number of unbranched alkanes of at least 4 members (excludes halogenated alkanes) is 1. The van der Waals surface area contributed by atoms with E-state index in [2.05, 4.69) is 25.1 Å². The summed E-state index contributed by atoms with van der Waals surface area (Å²) < 4.78 is 5.52. The number of likely N-dealkylation sites (N-methyl/N-ethyl adjacent to an activating group) is 1. The van der Waals surface area contributed by atoms with Gasteiger partial charge < -0.3 is 10.1 Å². The summed E-state index contributed by atoms with van der Waals surface area (Å²) in [6.45, 7) is 5.31. The van der Waals surface area contributed by atoms with E-state index in [9.17, 15) is 0 Å². The quantitative estimate of drug-likeness (QED) is 0.467. The van der Waals surface area contributed by atoms with Crippen molar-refractivity contribution in [1.82, 2.24) is 5.32 Å². The average Bonchev–Trinajstić information content (AvgIpc) is 2.25. The molecule has 0 aromatic rings. The molecule has 2 atom stereocenters. The lowest BCUT2D eigenvalue weighted by atomic mass is 10.0. The van der Waals surface area contributed by atoms with Crippen molar-refractivity contribution in [3.63, 3.8) is 0 Å². The second kappa shape index (κ2) is 10.0. The lowest BCUT2D eigenvalue weighted by Crippen LogP contribution is -2.40. The second-order valence-electron chi connectivity index (χ2n) is 3.82. The number of methoxy groups -OCH3 is 1. The first-order valence-corrected chi connectivity index (χ1v) is 5.99. The Bertz CT molecular complexity index is 174. The maximum atomic E-state index is 5.52. The van der Waals surface area contributed by atoms with Crippen LogP contribution in [0.15, 0.2) is 0 Å². The number of hydrogen-bond acceptors (Lipinski definition) is 2. The third kappa shape index (κ3) is 6.54. The van der Waals surface area contributed by atoms with E-state index in [-0.39, 0.29) is 0 Å². The molecule has 0 saturated heterocycles. The third-order valence-electron chi connectivity index (χ3n) is 2.63. The van der Waals surface area contributed by atoms with E-state index in [1.807, 2.05) is 0 Å². The van der Waals surface area contributed by atoms with E-state index >= 15 is 0 Å². The molecule has 0 aromatic heterocycles. The summed E-state index contributed by atoms with van der Waals surface area (Å²) >= 11 is 0. The summed E-state index contributed by atoms with van der Waals surface area (Å²) in [5, 5.41) is 3.48. The normalized spacial score (nSPS) is 14.5. The standard InChI is InChI=1S/C13H25NO/c1-5-8-9-11-12(14-7-3)13(15-4)10-6-2/h1,12-14H,6-11H2,2-4H3. The lowest BCUT2D eigenvalue weighted by Gasteiger charge is -2.26. The van der Waals surface area contributed by atoms with E-state index in [1.54, 1.807) is 7.11 Å². The van der Waals surface area contributed by atoms with Crippen molar-refractivity contribution >= 4 is 0 Å². The summed E-state index contributed by atoms with van der Waals surface area (Å²) in [6.07, 6.45) is 10.9. The van der Waals surface area contributed by atoms with Crippen LogP contribution in [-0.4, -0.2) is 25.8 Å². The molecule has 88 valence electrons. The van der Waals surface area contributed by atoms with Crippen LogP contribution in [0, 0.1) is 12.3 Å². The molecule has 15 heavy (non-hydrogen) atoms. The van der Waals surface area contributed by atoms with Crippen LogP contribution in [-0.2, 0) is 4.74 Å². The van der Waals surface area contributed by atoms with Crippen LogP contribution in [0.5, 0.6) is 0 Å². The van der Waals surface area contributed by atoms with Gasteiger partial charge in [0.1, 0.15) is 0 Å². The Morgan fingerprint density at radius 3 is 2.53 bits per heavy atom. The molecule has 0 amide bonds. The van der Waals surface area contributed by atoms with Gasteiger partial charge in [-0.2, -0.15) is 0 Å². The van der Waals surface area contributed by atoms with E-state index in [4.69, 9.17) is 11.2 Å². The van der Waals surface area contributed by atoms with Gasteiger partial charge in [-0.3, -0.25) is 0 Å². The summed E-state index contributed by atoms with van der Waals surface area (Å²) in [5.74, 6) is 2.69. The molecule has 0 rings (SSSR count). The molecule has 2 unspecified atom stereocenters. The van der Waals surface area contributed by atoms with Gasteiger partial charge >= 0.3 is 0 Å². The molecule has 0 fully saturated rings. The molecule has 0 bridgehead atoms. The highest BCUT2D eigenvalue weighted by Gasteiger charge is 2.18. The van der Waals surface area contributed by atoms with Gasteiger partial charge in [-0.15, -0.1) is 12.3 Å². The van der Waals surface area contributed by atoms with E-state index in [1.165, 1.54) is 0 Å². The smallest absolute Gasteiger partial charge is 0.0724 e. The van der Waals surface area contributed by atoms with Gasteiger partial charge in [0.2, 0.25) is 0 Å². The van der Waals surface area contributed by atoms with Gasteiger partial charge in [0, 0.05) is 19.6 Å². The first kappa shape index (κ1) is 14.5. The first-order valence-electron chi connectivity index (χ1n) is 5.99. The van der Waals surface area contributed by atoms with E-state index < -0.39 is 0 Å². The third-order valence-corrected chi connectivity index (χ3v) is 2.63. The Hall–Kier alpha value is -0.520. The molecule has 0 aliphatic heterocycles. The highest BCUT2D eigenvalue weighted by Crippen LogP contribution is 2.12. The van der Waals surface area contributed by atoms with Gasteiger partial charge in [0.15, 0.2) is 0 Å². The van der Waals surface area contributed by atoms with Gasteiger partial charge in [0.05, 0.1) is 6.10 Å². The SMILES string of the molecule is C#CCCCC(NCC)C(CCC)OC. The van der Waals surface area contributed by atoms with Crippen molar-refractivity contribution in [2.75, 3.05) is 13.7 Å². The van der Waals surface area contributed by atoms with Gasteiger partial charge in [-0.05, 0) is 25.8 Å². The molecule has 0 spiro atoms. The molecule has 0 radical (unpaired) electrons. The largest absolute Gasteiger partial charge is 0.380 e. The van der Waals surface area contributed by atoms with Crippen LogP contribution in [0.25, 0.3) is 0 Å². The Labute approximate surface area is 94.8 Å². The van der Waals surface area contributed by atoms with Crippen LogP contribution in [0.2, 0.25) is 0 Å². The van der Waals surface area contributed by atoms with Gasteiger partial charge in [0.25, 0.3) is 0 Å². The van der Waals surface area contributed by atoms with Crippen LogP contribution >= 0.6 is 0 Å². The number of ether oxygens (including phenoxy) is 1. The number of hydrogen-bond donors (Lipinski definition) is 1. The molecule has 0 heterocycles. The van der Waals surface area contributed by atoms with Crippen molar-refractivity contribution in [3.8, 4) is 12.3 Å². The maximum Gasteiger partial charge on any atom is 0.0724 e. The van der Waals surface area contributed by atoms with Gasteiger partial charge in [-0.25, -0.2) is 0 Å². The molecule has 2 heteroatoms. The molecule has 0 saturated carbocycles. The van der Waals surface area contributed by atoms with Crippen LogP contribution in [0.3, 0.4) is 0 Å². The van der Waals surface area contributed by atoms with Gasteiger partial charge in [-0.1, -0.05) is 20.3 Å². The molecule has 1 N–H and O–H groups in total. The zero-order chi connectivity index (χ0) is 11.5. The monoisotopic (exact) mass is 211 g/mol. The highest BCUT2D eigenvalue weighted by atomic mass is 16.5. The van der Waals surface area contributed by atoms with Crippen LogP contribution in [0.1, 0.15) is 46.0 Å². The van der Waals surface area contributed by atoms with Crippen molar-refractivity contribution in [2.24, 2.45) is 0 Å². The fourth-order valence-corrected chi connectivity index (χ4v) is 1.87. The molecule has 0 aromatic carbocycles. The zero-order valence-electron chi connectivity index (χ0n) is 10.4. The maximum absolute atomic E-state index is 5.52. The number of rotatable bonds is 9. The minimum absolute atomic E-state index is 0.327. The first-order chi connectivity index (χ1) is 7.29. The fourth-order valence-electron chi connectivity index (χ4n) is 1.87. The second-order valence-corrected chi connectivity index (χ2v) is 3.82. The summed E-state index contributed by atoms with van der Waals surface area (Å²) in [5.41, 5.74) is 0. The Balaban J connectivity index is 4.02. The number of nitrogens with one attached hydrogen (secondary N) is 1. The van der Waals surface area contributed by atoms with Crippen LogP contribution in [0.4, 0.5) is 0 Å². The molecular formula is C13H25NO. The van der Waals surface area contributed by atoms with Crippen molar-refractivity contribution < 1.29 is 4.74 Å². The Morgan fingerprint density at radius 2 is 2.07 bits per heavy atom. The van der Waals surface area contributed by atoms with Crippen molar-refractivity contribution in [1.29, 1.82) is 0 Å². The fraction of sp³-hybridized carbons (Fsp3) is 0.846. The molecular weight excluding hydrogens is 186 g/mol. The van der Waals surface area contributed by atoms with E-state index in [0.717, 1.165) is 38.6 Å². The van der Waals surface area contributed by atoms with Crippen molar-refractivity contribution in [3.05, 3.63) is 0 Å². The lowest BCUT2D eigenvalue weighted by molar-refractivity contribution is 0.0581.